The molecule has 1 aromatic carbocycles. The van der Waals surface area contributed by atoms with E-state index in [1.165, 1.54) is 11.1 Å². The minimum atomic E-state index is 0. The van der Waals surface area contributed by atoms with Crippen molar-refractivity contribution in [3.05, 3.63) is 35.4 Å². The SMILES string of the molecule is CN=C(NCCCN(C(C)C)C(C)C)NCc1ccc(C)cc1.I. The van der Waals surface area contributed by atoms with E-state index in [2.05, 4.69) is 79.4 Å². The number of benzene rings is 1. The van der Waals surface area contributed by atoms with Gasteiger partial charge in [-0.05, 0) is 46.6 Å². The predicted molar refractivity (Wildman–Crippen MR) is 116 cm³/mol. The van der Waals surface area contributed by atoms with E-state index in [-0.39, 0.29) is 24.0 Å². The first-order valence-electron chi connectivity index (χ1n) is 8.69. The second-order valence-corrected chi connectivity index (χ2v) is 6.62. The average molecular weight is 446 g/mol. The molecule has 0 saturated carbocycles. The Morgan fingerprint density at radius 2 is 1.62 bits per heavy atom. The lowest BCUT2D eigenvalue weighted by Crippen LogP contribution is -2.41. The Bertz CT molecular complexity index is 461. The Morgan fingerprint density at radius 1 is 1.04 bits per heavy atom. The zero-order valence-electron chi connectivity index (χ0n) is 16.1. The number of halogens is 1. The van der Waals surface area contributed by atoms with Crippen molar-refractivity contribution in [3.8, 4) is 0 Å². The summed E-state index contributed by atoms with van der Waals surface area (Å²) in [6.07, 6.45) is 1.11. The molecule has 2 N–H and O–H groups in total. The van der Waals surface area contributed by atoms with Crippen molar-refractivity contribution in [2.45, 2.75) is 59.7 Å². The lowest BCUT2D eigenvalue weighted by atomic mass is 10.1. The highest BCUT2D eigenvalue weighted by Crippen LogP contribution is 2.05. The van der Waals surface area contributed by atoms with E-state index < -0.39 is 0 Å². The third-order valence-corrected chi connectivity index (χ3v) is 4.02. The molecule has 5 heteroatoms. The molecule has 0 aliphatic carbocycles. The summed E-state index contributed by atoms with van der Waals surface area (Å²) in [5.41, 5.74) is 2.56. The standard InChI is InChI=1S/C19H34N4.HI/c1-15(2)23(16(3)4)13-7-12-21-19(20-6)22-14-18-10-8-17(5)9-11-18;/h8-11,15-16H,7,12-14H2,1-6H3,(H2,20,21,22);1H. The summed E-state index contributed by atoms with van der Waals surface area (Å²) in [6, 6.07) is 9.76. The maximum Gasteiger partial charge on any atom is 0.191 e. The van der Waals surface area contributed by atoms with E-state index in [0.717, 1.165) is 32.0 Å². The molecule has 0 fully saturated rings. The molecule has 0 amide bonds. The van der Waals surface area contributed by atoms with Crippen molar-refractivity contribution in [1.29, 1.82) is 0 Å². The number of nitrogens with zero attached hydrogens (tertiary/aromatic N) is 2. The molecule has 0 saturated heterocycles. The second kappa shape index (κ2) is 12.5. The highest BCUT2D eigenvalue weighted by Gasteiger charge is 2.12. The number of guanidine groups is 1. The van der Waals surface area contributed by atoms with E-state index in [0.29, 0.717) is 12.1 Å². The molecule has 138 valence electrons. The van der Waals surface area contributed by atoms with Gasteiger partial charge in [-0.25, -0.2) is 0 Å². The van der Waals surface area contributed by atoms with Gasteiger partial charge in [-0.1, -0.05) is 29.8 Å². The smallest absolute Gasteiger partial charge is 0.191 e. The van der Waals surface area contributed by atoms with Crippen molar-refractivity contribution in [3.63, 3.8) is 0 Å². The largest absolute Gasteiger partial charge is 0.356 e. The Labute approximate surface area is 165 Å². The molecule has 24 heavy (non-hydrogen) atoms. The van der Waals surface area contributed by atoms with Gasteiger partial charge in [-0.2, -0.15) is 0 Å². The second-order valence-electron chi connectivity index (χ2n) is 6.62. The van der Waals surface area contributed by atoms with Crippen molar-refractivity contribution in [1.82, 2.24) is 15.5 Å². The Kier molecular flexibility index (Phi) is 12.1. The fraction of sp³-hybridized carbons (Fsp3) is 0.632. The fourth-order valence-corrected chi connectivity index (χ4v) is 2.69. The van der Waals surface area contributed by atoms with Gasteiger partial charge in [0.2, 0.25) is 0 Å². The van der Waals surface area contributed by atoms with Crippen LogP contribution in [0, 0.1) is 6.92 Å². The topological polar surface area (TPSA) is 39.7 Å². The van der Waals surface area contributed by atoms with Crippen molar-refractivity contribution in [2.24, 2.45) is 4.99 Å². The number of aliphatic imine (C=N–C) groups is 1. The molecule has 0 spiro atoms. The summed E-state index contributed by atoms with van der Waals surface area (Å²) in [4.78, 5) is 6.81. The van der Waals surface area contributed by atoms with Gasteiger partial charge in [0.25, 0.3) is 0 Å². The molecule has 0 radical (unpaired) electrons. The van der Waals surface area contributed by atoms with Gasteiger partial charge >= 0.3 is 0 Å². The van der Waals surface area contributed by atoms with Gasteiger partial charge < -0.3 is 10.6 Å². The summed E-state index contributed by atoms with van der Waals surface area (Å²) in [5, 5.41) is 6.76. The van der Waals surface area contributed by atoms with Crippen LogP contribution in [0.25, 0.3) is 0 Å². The molecule has 0 atom stereocenters. The summed E-state index contributed by atoms with van der Waals surface area (Å²) in [5.74, 6) is 0.867. The van der Waals surface area contributed by atoms with E-state index >= 15 is 0 Å². The van der Waals surface area contributed by atoms with Crippen molar-refractivity contribution in [2.75, 3.05) is 20.1 Å². The molecular weight excluding hydrogens is 411 g/mol. The van der Waals surface area contributed by atoms with E-state index in [9.17, 15) is 0 Å². The van der Waals surface area contributed by atoms with Gasteiger partial charge in [0.15, 0.2) is 5.96 Å². The van der Waals surface area contributed by atoms with E-state index in [1.54, 1.807) is 0 Å². The van der Waals surface area contributed by atoms with Crippen LogP contribution in [-0.2, 0) is 6.54 Å². The Balaban J connectivity index is 0.00000529. The summed E-state index contributed by atoms with van der Waals surface area (Å²) in [7, 11) is 1.82. The first-order chi connectivity index (χ1) is 10.9. The molecular formula is C19H35IN4. The molecule has 0 aliphatic heterocycles. The van der Waals surface area contributed by atoms with Crippen LogP contribution in [0.15, 0.2) is 29.3 Å². The number of nitrogens with one attached hydrogen (secondary N) is 2. The minimum Gasteiger partial charge on any atom is -0.356 e. The first kappa shape index (κ1) is 23.2. The van der Waals surface area contributed by atoms with E-state index in [4.69, 9.17) is 0 Å². The van der Waals surface area contributed by atoms with Gasteiger partial charge in [0.05, 0.1) is 0 Å². The van der Waals surface area contributed by atoms with Crippen LogP contribution in [0.1, 0.15) is 45.2 Å². The third kappa shape index (κ3) is 8.87. The Hall–Kier alpha value is -0.820. The Morgan fingerprint density at radius 3 is 2.12 bits per heavy atom. The van der Waals surface area contributed by atoms with Gasteiger partial charge in [-0.15, -0.1) is 24.0 Å². The number of rotatable bonds is 8. The van der Waals surface area contributed by atoms with Crippen LogP contribution >= 0.6 is 24.0 Å². The number of hydrogen-bond acceptors (Lipinski definition) is 2. The molecule has 0 unspecified atom stereocenters. The van der Waals surface area contributed by atoms with Gasteiger partial charge in [-0.3, -0.25) is 9.89 Å². The lowest BCUT2D eigenvalue weighted by molar-refractivity contribution is 0.173. The quantitative estimate of drug-likeness (QED) is 0.276. The van der Waals surface area contributed by atoms with Crippen LogP contribution in [0.5, 0.6) is 0 Å². The molecule has 1 aromatic rings. The zero-order chi connectivity index (χ0) is 17.2. The van der Waals surface area contributed by atoms with Crippen molar-refractivity contribution < 1.29 is 0 Å². The normalized spacial score (nSPS) is 11.8. The van der Waals surface area contributed by atoms with Crippen LogP contribution < -0.4 is 10.6 Å². The molecule has 0 bridgehead atoms. The monoisotopic (exact) mass is 446 g/mol. The van der Waals surface area contributed by atoms with Crippen molar-refractivity contribution >= 4 is 29.9 Å². The summed E-state index contributed by atoms with van der Waals surface area (Å²) < 4.78 is 0. The maximum atomic E-state index is 4.29. The number of aryl methyl sites for hydroxylation is 1. The predicted octanol–water partition coefficient (Wildman–Crippen LogP) is 3.79. The number of hydrogen-bond donors (Lipinski definition) is 2. The maximum absolute atomic E-state index is 4.29. The average Bonchev–Trinajstić information content (AvgIpc) is 2.50. The minimum absolute atomic E-state index is 0. The van der Waals surface area contributed by atoms with Crippen LogP contribution in [0.3, 0.4) is 0 Å². The molecule has 1 rings (SSSR count). The van der Waals surface area contributed by atoms with Crippen LogP contribution in [0.4, 0.5) is 0 Å². The van der Waals surface area contributed by atoms with Gasteiger partial charge in [0, 0.05) is 38.8 Å². The summed E-state index contributed by atoms with van der Waals surface area (Å²) >= 11 is 0. The third-order valence-electron chi connectivity index (χ3n) is 4.02. The lowest BCUT2D eigenvalue weighted by Gasteiger charge is -2.30. The zero-order valence-corrected chi connectivity index (χ0v) is 18.4. The fourth-order valence-electron chi connectivity index (χ4n) is 2.69. The molecule has 4 nitrogen and oxygen atoms in total. The molecule has 0 aliphatic rings. The molecule has 0 aromatic heterocycles. The first-order valence-corrected chi connectivity index (χ1v) is 8.69. The van der Waals surface area contributed by atoms with Crippen LogP contribution in [-0.4, -0.2) is 43.1 Å². The van der Waals surface area contributed by atoms with Crippen LogP contribution in [0.2, 0.25) is 0 Å². The highest BCUT2D eigenvalue weighted by molar-refractivity contribution is 14.0. The molecule has 0 heterocycles. The van der Waals surface area contributed by atoms with Gasteiger partial charge in [0.1, 0.15) is 0 Å². The van der Waals surface area contributed by atoms with E-state index in [1.807, 2.05) is 7.05 Å². The highest BCUT2D eigenvalue weighted by atomic mass is 127. The summed E-state index contributed by atoms with van der Waals surface area (Å²) in [6.45, 7) is 14.0.